The van der Waals surface area contributed by atoms with E-state index in [0.717, 1.165) is 36.3 Å². The van der Waals surface area contributed by atoms with Crippen LogP contribution in [0.1, 0.15) is 19.8 Å². The van der Waals surface area contributed by atoms with Gasteiger partial charge >= 0.3 is 0 Å². The first-order valence-electron chi connectivity index (χ1n) is 5.40. The lowest BCUT2D eigenvalue weighted by Gasteiger charge is -2.07. The molecule has 1 aromatic rings. The average Bonchev–Trinajstić information content (AvgIpc) is 2.23. The summed E-state index contributed by atoms with van der Waals surface area (Å²) < 4.78 is 6.55. The van der Waals surface area contributed by atoms with E-state index in [2.05, 4.69) is 40.3 Å². The molecule has 0 aromatic heterocycles. The predicted molar refractivity (Wildman–Crippen MR) is 68.4 cm³/mol. The summed E-state index contributed by atoms with van der Waals surface area (Å²) in [6, 6.07) is 8.15. The maximum atomic E-state index is 5.45. The van der Waals surface area contributed by atoms with Crippen LogP contribution in [0.2, 0.25) is 0 Å². The zero-order valence-corrected chi connectivity index (χ0v) is 10.7. The van der Waals surface area contributed by atoms with Crippen molar-refractivity contribution in [2.24, 2.45) is 0 Å². The first-order valence-corrected chi connectivity index (χ1v) is 6.19. The van der Waals surface area contributed by atoms with E-state index in [9.17, 15) is 0 Å². The fourth-order valence-electron chi connectivity index (χ4n) is 1.21. The number of halogens is 1. The Balaban J connectivity index is 2.10. The lowest BCUT2D eigenvalue weighted by molar-refractivity contribution is 0.141. The van der Waals surface area contributed by atoms with Gasteiger partial charge in [0.1, 0.15) is 0 Å². The van der Waals surface area contributed by atoms with Crippen molar-refractivity contribution in [1.82, 2.24) is 0 Å². The molecule has 15 heavy (non-hydrogen) atoms. The molecule has 0 unspecified atom stereocenters. The van der Waals surface area contributed by atoms with Crippen molar-refractivity contribution in [2.45, 2.75) is 19.8 Å². The van der Waals surface area contributed by atoms with E-state index < -0.39 is 0 Å². The second-order valence-electron chi connectivity index (χ2n) is 3.40. The molecule has 0 spiro atoms. The van der Waals surface area contributed by atoms with Crippen LogP contribution in [0.25, 0.3) is 0 Å². The Kier molecular flexibility index (Phi) is 6.44. The highest BCUT2D eigenvalue weighted by molar-refractivity contribution is 9.10. The second kappa shape index (κ2) is 7.71. The minimum atomic E-state index is 0.770. The van der Waals surface area contributed by atoms with Crippen LogP contribution in [0, 0.1) is 0 Å². The lowest BCUT2D eigenvalue weighted by atomic mass is 10.3. The Labute approximate surface area is 100 Å². The van der Waals surface area contributed by atoms with Gasteiger partial charge in [0.15, 0.2) is 0 Å². The normalized spacial score (nSPS) is 10.3. The third-order valence-electron chi connectivity index (χ3n) is 2.04. The molecule has 1 rings (SSSR count). The summed E-state index contributed by atoms with van der Waals surface area (Å²) in [7, 11) is 0. The van der Waals surface area contributed by atoms with Gasteiger partial charge in [0, 0.05) is 23.3 Å². The molecule has 0 fully saturated rings. The number of hydrogen-bond donors (Lipinski definition) is 1. The number of benzene rings is 1. The zero-order valence-electron chi connectivity index (χ0n) is 9.13. The van der Waals surface area contributed by atoms with Crippen molar-refractivity contribution in [3.63, 3.8) is 0 Å². The van der Waals surface area contributed by atoms with Crippen LogP contribution in [-0.2, 0) is 4.74 Å². The number of nitrogens with one attached hydrogen (secondary N) is 1. The number of hydrogen-bond acceptors (Lipinski definition) is 2. The molecule has 0 amide bonds. The Bertz CT molecular complexity index is 278. The minimum Gasteiger partial charge on any atom is -0.383 e. The van der Waals surface area contributed by atoms with E-state index in [1.807, 2.05) is 12.1 Å². The molecule has 0 bridgehead atoms. The standard InChI is InChI=1S/C12H18BrNO/c1-2-3-8-15-9-7-14-12-6-4-5-11(13)10-12/h4-6,10,14H,2-3,7-9H2,1H3. The van der Waals surface area contributed by atoms with Crippen LogP contribution in [0.5, 0.6) is 0 Å². The lowest BCUT2D eigenvalue weighted by Crippen LogP contribution is -2.09. The third kappa shape index (κ3) is 5.80. The summed E-state index contributed by atoms with van der Waals surface area (Å²) in [5.41, 5.74) is 1.13. The highest BCUT2D eigenvalue weighted by Crippen LogP contribution is 2.15. The van der Waals surface area contributed by atoms with E-state index >= 15 is 0 Å². The number of rotatable bonds is 7. The molecule has 0 aliphatic rings. The maximum Gasteiger partial charge on any atom is 0.0639 e. The molecule has 0 saturated heterocycles. The minimum absolute atomic E-state index is 0.770. The molecular formula is C12H18BrNO. The van der Waals surface area contributed by atoms with E-state index in [1.54, 1.807) is 0 Å². The summed E-state index contributed by atoms with van der Waals surface area (Å²) in [5, 5.41) is 3.31. The number of unbranched alkanes of at least 4 members (excludes halogenated alkanes) is 1. The van der Waals surface area contributed by atoms with E-state index in [1.165, 1.54) is 6.42 Å². The molecule has 1 aromatic carbocycles. The Hall–Kier alpha value is -0.540. The molecule has 84 valence electrons. The third-order valence-corrected chi connectivity index (χ3v) is 2.54. The van der Waals surface area contributed by atoms with Crippen LogP contribution in [-0.4, -0.2) is 19.8 Å². The van der Waals surface area contributed by atoms with Crippen molar-refractivity contribution in [1.29, 1.82) is 0 Å². The van der Waals surface area contributed by atoms with E-state index in [4.69, 9.17) is 4.74 Å². The van der Waals surface area contributed by atoms with Crippen molar-refractivity contribution in [3.8, 4) is 0 Å². The van der Waals surface area contributed by atoms with E-state index in [0.29, 0.717) is 0 Å². The van der Waals surface area contributed by atoms with Crippen molar-refractivity contribution in [3.05, 3.63) is 28.7 Å². The van der Waals surface area contributed by atoms with Crippen LogP contribution >= 0.6 is 15.9 Å². The van der Waals surface area contributed by atoms with Gasteiger partial charge in [0.2, 0.25) is 0 Å². The molecule has 0 aliphatic heterocycles. The molecule has 0 aliphatic carbocycles. The summed E-state index contributed by atoms with van der Waals surface area (Å²) in [6.07, 6.45) is 2.34. The summed E-state index contributed by atoms with van der Waals surface area (Å²) >= 11 is 3.43. The fourth-order valence-corrected chi connectivity index (χ4v) is 1.61. The Morgan fingerprint density at radius 1 is 1.33 bits per heavy atom. The maximum absolute atomic E-state index is 5.45. The fraction of sp³-hybridized carbons (Fsp3) is 0.500. The van der Waals surface area contributed by atoms with Crippen molar-refractivity contribution in [2.75, 3.05) is 25.1 Å². The SMILES string of the molecule is CCCCOCCNc1cccc(Br)c1. The zero-order chi connectivity index (χ0) is 10.9. The Morgan fingerprint density at radius 2 is 2.20 bits per heavy atom. The molecule has 3 heteroatoms. The smallest absolute Gasteiger partial charge is 0.0639 e. The van der Waals surface area contributed by atoms with Gasteiger partial charge in [0.05, 0.1) is 6.61 Å². The van der Waals surface area contributed by atoms with Crippen LogP contribution in [0.4, 0.5) is 5.69 Å². The molecule has 2 nitrogen and oxygen atoms in total. The summed E-state index contributed by atoms with van der Waals surface area (Å²) in [5.74, 6) is 0. The van der Waals surface area contributed by atoms with Gasteiger partial charge in [-0.3, -0.25) is 0 Å². The van der Waals surface area contributed by atoms with Gasteiger partial charge in [-0.2, -0.15) is 0 Å². The van der Waals surface area contributed by atoms with Crippen molar-refractivity contribution < 1.29 is 4.74 Å². The van der Waals surface area contributed by atoms with Gasteiger partial charge in [-0.1, -0.05) is 35.3 Å². The predicted octanol–water partition coefficient (Wildman–Crippen LogP) is 3.68. The Morgan fingerprint density at radius 3 is 2.93 bits per heavy atom. The first-order chi connectivity index (χ1) is 7.33. The van der Waals surface area contributed by atoms with E-state index in [-0.39, 0.29) is 0 Å². The van der Waals surface area contributed by atoms with Crippen molar-refractivity contribution >= 4 is 21.6 Å². The highest BCUT2D eigenvalue weighted by atomic mass is 79.9. The average molecular weight is 272 g/mol. The van der Waals surface area contributed by atoms with Crippen LogP contribution < -0.4 is 5.32 Å². The topological polar surface area (TPSA) is 21.3 Å². The van der Waals surface area contributed by atoms with Gasteiger partial charge in [0.25, 0.3) is 0 Å². The number of ether oxygens (including phenoxy) is 1. The first kappa shape index (κ1) is 12.5. The summed E-state index contributed by atoms with van der Waals surface area (Å²) in [4.78, 5) is 0. The van der Waals surface area contributed by atoms with Gasteiger partial charge in [-0.05, 0) is 24.6 Å². The largest absolute Gasteiger partial charge is 0.383 e. The van der Waals surface area contributed by atoms with Gasteiger partial charge < -0.3 is 10.1 Å². The molecule has 0 radical (unpaired) electrons. The monoisotopic (exact) mass is 271 g/mol. The quantitative estimate of drug-likeness (QED) is 0.764. The summed E-state index contributed by atoms with van der Waals surface area (Å²) in [6.45, 7) is 4.67. The van der Waals surface area contributed by atoms with Gasteiger partial charge in [-0.15, -0.1) is 0 Å². The van der Waals surface area contributed by atoms with Crippen LogP contribution in [0.15, 0.2) is 28.7 Å². The van der Waals surface area contributed by atoms with Crippen LogP contribution in [0.3, 0.4) is 0 Å². The number of anilines is 1. The molecule has 1 N–H and O–H groups in total. The van der Waals surface area contributed by atoms with Gasteiger partial charge in [-0.25, -0.2) is 0 Å². The highest BCUT2D eigenvalue weighted by Gasteiger charge is 1.92. The molecule has 0 heterocycles. The molecule has 0 atom stereocenters. The second-order valence-corrected chi connectivity index (χ2v) is 4.32. The molecular weight excluding hydrogens is 254 g/mol. The molecule has 0 saturated carbocycles.